The number of aliphatic hydroxyl groups is 1. The average molecular weight is 291 g/mol. The predicted octanol–water partition coefficient (Wildman–Crippen LogP) is 2.60. The molecule has 5 heteroatoms. The van der Waals surface area contributed by atoms with E-state index in [1.807, 2.05) is 13.0 Å². The highest BCUT2D eigenvalue weighted by atomic mass is 32.2. The highest BCUT2D eigenvalue weighted by molar-refractivity contribution is 7.92. The zero-order chi connectivity index (χ0) is 14.8. The Morgan fingerprint density at radius 3 is 2.55 bits per heavy atom. The lowest BCUT2D eigenvalue weighted by molar-refractivity contribution is 0.282. The van der Waals surface area contributed by atoms with Crippen molar-refractivity contribution >= 4 is 15.7 Å². The minimum Gasteiger partial charge on any atom is -0.392 e. The Labute approximate surface area is 119 Å². The second-order valence-corrected chi connectivity index (χ2v) is 6.38. The maximum Gasteiger partial charge on any atom is 0.262 e. The number of anilines is 1. The largest absolute Gasteiger partial charge is 0.392 e. The smallest absolute Gasteiger partial charge is 0.262 e. The number of rotatable bonds is 4. The lowest BCUT2D eigenvalue weighted by atomic mass is 10.2. The lowest BCUT2D eigenvalue weighted by Crippen LogP contribution is -2.14. The van der Waals surface area contributed by atoms with Crippen molar-refractivity contribution in [3.05, 3.63) is 59.2 Å². The van der Waals surface area contributed by atoms with Crippen molar-refractivity contribution in [2.24, 2.45) is 0 Å². The Bertz CT molecular complexity index is 724. The van der Waals surface area contributed by atoms with E-state index in [0.717, 1.165) is 5.56 Å². The van der Waals surface area contributed by atoms with Crippen LogP contribution in [0.3, 0.4) is 0 Å². The van der Waals surface area contributed by atoms with E-state index in [1.165, 1.54) is 0 Å². The highest BCUT2D eigenvalue weighted by Gasteiger charge is 2.17. The van der Waals surface area contributed by atoms with Crippen molar-refractivity contribution in [1.29, 1.82) is 0 Å². The predicted molar refractivity (Wildman–Crippen MR) is 79.1 cm³/mol. The van der Waals surface area contributed by atoms with Gasteiger partial charge < -0.3 is 5.11 Å². The van der Waals surface area contributed by atoms with Gasteiger partial charge in [-0.3, -0.25) is 4.72 Å². The van der Waals surface area contributed by atoms with Crippen LogP contribution in [0, 0.1) is 13.8 Å². The molecule has 2 N–H and O–H groups in total. The summed E-state index contributed by atoms with van der Waals surface area (Å²) in [5.74, 6) is 0. The summed E-state index contributed by atoms with van der Waals surface area (Å²) in [5.41, 5.74) is 2.69. The summed E-state index contributed by atoms with van der Waals surface area (Å²) < 4.78 is 27.3. The van der Waals surface area contributed by atoms with Crippen LogP contribution in [0.5, 0.6) is 0 Å². The fraction of sp³-hybridized carbons (Fsp3) is 0.200. The summed E-state index contributed by atoms with van der Waals surface area (Å²) in [4.78, 5) is 0.270. The quantitative estimate of drug-likeness (QED) is 0.910. The van der Waals surface area contributed by atoms with E-state index >= 15 is 0 Å². The van der Waals surface area contributed by atoms with Gasteiger partial charge in [-0.25, -0.2) is 8.42 Å². The van der Waals surface area contributed by atoms with Crippen molar-refractivity contribution < 1.29 is 13.5 Å². The molecular weight excluding hydrogens is 274 g/mol. The van der Waals surface area contributed by atoms with Gasteiger partial charge in [0, 0.05) is 5.69 Å². The van der Waals surface area contributed by atoms with Crippen molar-refractivity contribution in [1.82, 2.24) is 0 Å². The van der Waals surface area contributed by atoms with Gasteiger partial charge in [-0.1, -0.05) is 24.3 Å². The Morgan fingerprint density at radius 2 is 1.85 bits per heavy atom. The van der Waals surface area contributed by atoms with Gasteiger partial charge in [0.2, 0.25) is 0 Å². The lowest BCUT2D eigenvalue weighted by Gasteiger charge is -2.11. The highest BCUT2D eigenvalue weighted by Crippen LogP contribution is 2.21. The van der Waals surface area contributed by atoms with Gasteiger partial charge in [0.05, 0.1) is 11.5 Å². The first-order valence-corrected chi connectivity index (χ1v) is 7.70. The Balaban J connectivity index is 2.38. The third kappa shape index (κ3) is 3.18. The second-order valence-electron chi connectivity index (χ2n) is 4.73. The van der Waals surface area contributed by atoms with Gasteiger partial charge in [0.25, 0.3) is 10.0 Å². The van der Waals surface area contributed by atoms with Crippen LogP contribution < -0.4 is 4.72 Å². The van der Waals surface area contributed by atoms with E-state index in [-0.39, 0.29) is 11.5 Å². The zero-order valence-electron chi connectivity index (χ0n) is 11.4. The fourth-order valence-corrected chi connectivity index (χ4v) is 3.32. The Hall–Kier alpha value is -1.85. The molecule has 4 nitrogen and oxygen atoms in total. The first-order valence-electron chi connectivity index (χ1n) is 6.22. The van der Waals surface area contributed by atoms with Crippen molar-refractivity contribution in [3.8, 4) is 0 Å². The molecule has 0 aliphatic heterocycles. The second kappa shape index (κ2) is 5.64. The maximum absolute atomic E-state index is 12.4. The zero-order valence-corrected chi connectivity index (χ0v) is 12.2. The average Bonchev–Trinajstić information content (AvgIpc) is 2.41. The van der Waals surface area contributed by atoms with Gasteiger partial charge in [0.1, 0.15) is 0 Å². The minimum atomic E-state index is -3.62. The minimum absolute atomic E-state index is 0.126. The van der Waals surface area contributed by atoms with Crippen LogP contribution in [-0.2, 0) is 16.6 Å². The van der Waals surface area contributed by atoms with E-state index in [1.54, 1.807) is 43.3 Å². The number of hydrogen-bond donors (Lipinski definition) is 2. The van der Waals surface area contributed by atoms with Crippen LogP contribution in [0.25, 0.3) is 0 Å². The van der Waals surface area contributed by atoms with Crippen LogP contribution in [0.15, 0.2) is 47.4 Å². The number of hydrogen-bond acceptors (Lipinski definition) is 3. The molecule has 0 bridgehead atoms. The normalized spacial score (nSPS) is 11.3. The molecule has 0 aliphatic carbocycles. The molecule has 2 rings (SSSR count). The van der Waals surface area contributed by atoms with Crippen molar-refractivity contribution in [2.75, 3.05) is 4.72 Å². The molecule has 0 atom stereocenters. The fourth-order valence-electron chi connectivity index (χ4n) is 1.94. The first-order chi connectivity index (χ1) is 9.42. The SMILES string of the molecule is Cc1ccc(C)c(S(=O)(=O)Nc2cccc(CO)c2)c1. The number of aryl methyl sites for hydroxylation is 2. The van der Waals surface area contributed by atoms with Crippen molar-refractivity contribution in [2.45, 2.75) is 25.3 Å². The first kappa shape index (κ1) is 14.6. The van der Waals surface area contributed by atoms with Gasteiger partial charge in [0.15, 0.2) is 0 Å². The summed E-state index contributed by atoms with van der Waals surface area (Å²) in [5, 5.41) is 9.08. The number of aliphatic hydroxyl groups excluding tert-OH is 1. The molecule has 0 saturated heterocycles. The Kier molecular flexibility index (Phi) is 4.11. The molecule has 0 heterocycles. The standard InChI is InChI=1S/C15H17NO3S/c1-11-6-7-12(2)15(8-11)20(18,19)16-14-5-3-4-13(9-14)10-17/h3-9,16-17H,10H2,1-2H3. The molecule has 0 amide bonds. The van der Waals surface area contributed by atoms with Crippen LogP contribution in [0.4, 0.5) is 5.69 Å². The summed E-state index contributed by atoms with van der Waals surface area (Å²) >= 11 is 0. The molecule has 0 spiro atoms. The summed E-state index contributed by atoms with van der Waals surface area (Å²) in [6.07, 6.45) is 0. The molecule has 0 aromatic heterocycles. The monoisotopic (exact) mass is 291 g/mol. The molecule has 2 aromatic carbocycles. The van der Waals surface area contributed by atoms with Gasteiger partial charge >= 0.3 is 0 Å². The molecular formula is C15H17NO3S. The molecule has 0 fully saturated rings. The molecule has 20 heavy (non-hydrogen) atoms. The molecule has 106 valence electrons. The van der Waals surface area contributed by atoms with Crippen molar-refractivity contribution in [3.63, 3.8) is 0 Å². The van der Waals surface area contributed by atoms with E-state index in [0.29, 0.717) is 16.8 Å². The molecule has 2 aromatic rings. The van der Waals surface area contributed by atoms with E-state index in [2.05, 4.69) is 4.72 Å². The van der Waals surface area contributed by atoms with Gasteiger partial charge in [-0.2, -0.15) is 0 Å². The number of benzene rings is 2. The molecule has 0 unspecified atom stereocenters. The third-order valence-electron chi connectivity index (χ3n) is 2.99. The van der Waals surface area contributed by atoms with E-state index in [9.17, 15) is 8.42 Å². The Morgan fingerprint density at radius 1 is 1.10 bits per heavy atom. The maximum atomic E-state index is 12.4. The number of sulfonamides is 1. The summed E-state index contributed by atoms with van der Waals surface area (Å²) in [6, 6.07) is 12.0. The molecule has 0 aliphatic rings. The topological polar surface area (TPSA) is 66.4 Å². The summed E-state index contributed by atoms with van der Waals surface area (Å²) in [6.45, 7) is 3.49. The molecule has 0 radical (unpaired) electrons. The van der Waals surface area contributed by atoms with E-state index in [4.69, 9.17) is 5.11 Å². The van der Waals surface area contributed by atoms with Crippen LogP contribution in [0.1, 0.15) is 16.7 Å². The summed E-state index contributed by atoms with van der Waals surface area (Å²) in [7, 11) is -3.62. The van der Waals surface area contributed by atoms with Crippen LogP contribution >= 0.6 is 0 Å². The third-order valence-corrected chi connectivity index (χ3v) is 4.52. The van der Waals surface area contributed by atoms with E-state index < -0.39 is 10.0 Å². The van der Waals surface area contributed by atoms with Crippen LogP contribution in [-0.4, -0.2) is 13.5 Å². The number of nitrogens with one attached hydrogen (secondary N) is 1. The molecule has 0 saturated carbocycles. The van der Waals surface area contributed by atoms with Gasteiger partial charge in [-0.05, 0) is 48.7 Å². The van der Waals surface area contributed by atoms with Crippen LogP contribution in [0.2, 0.25) is 0 Å². The van der Waals surface area contributed by atoms with Gasteiger partial charge in [-0.15, -0.1) is 0 Å².